The van der Waals surface area contributed by atoms with Crippen molar-refractivity contribution in [3.8, 4) is 0 Å². The second-order valence-electron chi connectivity index (χ2n) is 6.01. The van der Waals surface area contributed by atoms with E-state index in [1.807, 2.05) is 0 Å². The molecule has 9 nitrogen and oxygen atoms in total. The molecule has 1 atom stereocenters. The smallest absolute Gasteiger partial charge is 0.358 e. The van der Waals surface area contributed by atoms with Crippen LogP contribution in [-0.2, 0) is 9.84 Å². The Hall–Kier alpha value is -3.27. The highest BCUT2D eigenvalue weighted by atomic mass is 32.2. The van der Waals surface area contributed by atoms with Crippen LogP contribution in [0.25, 0.3) is 5.65 Å². The Morgan fingerprint density at radius 1 is 1.19 bits per heavy atom. The van der Waals surface area contributed by atoms with Crippen LogP contribution in [-0.4, -0.2) is 29.0 Å². The highest BCUT2D eigenvalue weighted by molar-refractivity contribution is 7.90. The van der Waals surface area contributed by atoms with Gasteiger partial charge in [-0.25, -0.2) is 13.4 Å². The second kappa shape index (κ2) is 6.80. The maximum Gasteiger partial charge on any atom is 0.376 e. The van der Waals surface area contributed by atoms with Gasteiger partial charge in [-0.2, -0.15) is 0 Å². The molecule has 0 aliphatic rings. The van der Waals surface area contributed by atoms with Crippen molar-refractivity contribution < 1.29 is 13.3 Å². The van der Waals surface area contributed by atoms with Gasteiger partial charge in [-0.15, -0.1) is 0 Å². The zero-order chi connectivity index (χ0) is 19.8. The third-order valence-corrected chi connectivity index (χ3v) is 5.18. The van der Waals surface area contributed by atoms with Gasteiger partial charge in [-0.05, 0) is 36.8 Å². The summed E-state index contributed by atoms with van der Waals surface area (Å²) in [5.41, 5.74) is -0.479. The fraction of sp³-hybridized carbons (Fsp3) is 0.176. The summed E-state index contributed by atoms with van der Waals surface area (Å²) in [6.07, 6.45) is 2.52. The molecule has 3 aromatic rings. The summed E-state index contributed by atoms with van der Waals surface area (Å²) >= 11 is 0. The third kappa shape index (κ3) is 3.65. The quantitative estimate of drug-likeness (QED) is 0.525. The Kier molecular flexibility index (Phi) is 4.66. The average molecular weight is 388 g/mol. The molecule has 10 heteroatoms. The van der Waals surface area contributed by atoms with E-state index in [-0.39, 0.29) is 16.4 Å². The summed E-state index contributed by atoms with van der Waals surface area (Å²) in [6, 6.07) is 10.5. The number of nitro groups is 1. The van der Waals surface area contributed by atoms with Crippen LogP contribution in [0.3, 0.4) is 0 Å². The SMILES string of the molecule is CC(Nc1nc2ccccn2c(=O)c1[N+](=O)[O-])c1ccc(S(C)(=O)=O)cc1. The fourth-order valence-corrected chi connectivity index (χ4v) is 3.27. The van der Waals surface area contributed by atoms with E-state index in [9.17, 15) is 23.3 Å². The topological polar surface area (TPSA) is 124 Å². The predicted molar refractivity (Wildman–Crippen MR) is 99.7 cm³/mol. The number of hydrogen-bond donors (Lipinski definition) is 1. The summed E-state index contributed by atoms with van der Waals surface area (Å²) in [6.45, 7) is 1.73. The number of rotatable bonds is 5. The summed E-state index contributed by atoms with van der Waals surface area (Å²) in [5.74, 6) is -0.143. The lowest BCUT2D eigenvalue weighted by atomic mass is 10.1. The number of nitrogens with one attached hydrogen (secondary N) is 1. The normalized spacial score (nSPS) is 12.7. The monoisotopic (exact) mass is 388 g/mol. The Morgan fingerprint density at radius 3 is 2.44 bits per heavy atom. The number of aromatic nitrogens is 2. The molecular weight excluding hydrogens is 372 g/mol. The van der Waals surface area contributed by atoms with E-state index < -0.39 is 32.0 Å². The Labute approximate surface area is 154 Å². The van der Waals surface area contributed by atoms with Crippen molar-refractivity contribution in [3.05, 3.63) is 74.7 Å². The molecule has 0 bridgehead atoms. The highest BCUT2D eigenvalue weighted by Gasteiger charge is 2.24. The summed E-state index contributed by atoms with van der Waals surface area (Å²) in [4.78, 5) is 27.4. The highest BCUT2D eigenvalue weighted by Crippen LogP contribution is 2.24. The lowest BCUT2D eigenvalue weighted by Gasteiger charge is -2.15. The van der Waals surface area contributed by atoms with E-state index in [0.717, 1.165) is 10.7 Å². The maximum absolute atomic E-state index is 12.4. The van der Waals surface area contributed by atoms with Crippen LogP contribution in [0.4, 0.5) is 11.5 Å². The maximum atomic E-state index is 12.4. The van der Waals surface area contributed by atoms with Gasteiger partial charge in [0.25, 0.3) is 0 Å². The second-order valence-corrected chi connectivity index (χ2v) is 8.02. The molecule has 2 heterocycles. The van der Waals surface area contributed by atoms with Crippen LogP contribution in [0, 0.1) is 10.1 Å². The van der Waals surface area contributed by atoms with Gasteiger partial charge in [-0.3, -0.25) is 19.3 Å². The molecule has 0 spiro atoms. The van der Waals surface area contributed by atoms with Gasteiger partial charge in [0.05, 0.1) is 15.9 Å². The minimum atomic E-state index is -3.32. The minimum Gasteiger partial charge on any atom is -0.358 e. The fourth-order valence-electron chi connectivity index (χ4n) is 2.64. The van der Waals surface area contributed by atoms with Gasteiger partial charge < -0.3 is 5.32 Å². The lowest BCUT2D eigenvalue weighted by Crippen LogP contribution is -2.22. The zero-order valence-corrected chi connectivity index (χ0v) is 15.3. The van der Waals surface area contributed by atoms with Crippen LogP contribution in [0.1, 0.15) is 18.5 Å². The molecule has 27 heavy (non-hydrogen) atoms. The summed E-state index contributed by atoms with van der Waals surface area (Å²) < 4.78 is 24.2. The lowest BCUT2D eigenvalue weighted by molar-refractivity contribution is -0.385. The van der Waals surface area contributed by atoms with Gasteiger partial charge in [0.2, 0.25) is 5.82 Å². The van der Waals surface area contributed by atoms with Crippen LogP contribution in [0.5, 0.6) is 0 Å². The number of benzene rings is 1. The molecular formula is C17H16N4O5S. The van der Waals surface area contributed by atoms with Crippen molar-refractivity contribution in [2.75, 3.05) is 11.6 Å². The van der Waals surface area contributed by atoms with E-state index in [1.54, 1.807) is 37.3 Å². The first-order valence-electron chi connectivity index (χ1n) is 7.91. The van der Waals surface area contributed by atoms with Crippen LogP contribution < -0.4 is 10.9 Å². The number of sulfone groups is 1. The van der Waals surface area contributed by atoms with Crippen molar-refractivity contribution in [3.63, 3.8) is 0 Å². The number of hydrogen-bond acceptors (Lipinski definition) is 7. The first-order valence-corrected chi connectivity index (χ1v) is 9.80. The molecule has 1 aromatic carbocycles. The Bertz CT molecular complexity index is 1190. The van der Waals surface area contributed by atoms with Crippen molar-refractivity contribution in [1.82, 2.24) is 9.38 Å². The van der Waals surface area contributed by atoms with Gasteiger partial charge in [0, 0.05) is 12.5 Å². The van der Waals surface area contributed by atoms with E-state index in [2.05, 4.69) is 10.3 Å². The average Bonchev–Trinajstić information content (AvgIpc) is 2.61. The van der Waals surface area contributed by atoms with Crippen LogP contribution in [0.15, 0.2) is 58.4 Å². The third-order valence-electron chi connectivity index (χ3n) is 4.05. The van der Waals surface area contributed by atoms with Gasteiger partial charge in [0.15, 0.2) is 9.84 Å². The minimum absolute atomic E-state index is 0.143. The molecule has 0 saturated heterocycles. The Balaban J connectivity index is 2.02. The molecule has 1 N–H and O–H groups in total. The molecule has 1 unspecified atom stereocenters. The molecule has 0 aliphatic heterocycles. The molecule has 0 amide bonds. The van der Waals surface area contributed by atoms with Gasteiger partial charge in [0.1, 0.15) is 5.65 Å². The van der Waals surface area contributed by atoms with Crippen LogP contribution in [0.2, 0.25) is 0 Å². The molecule has 0 aliphatic carbocycles. The zero-order valence-electron chi connectivity index (χ0n) is 14.5. The number of nitrogens with zero attached hydrogens (tertiary/aromatic N) is 3. The molecule has 3 rings (SSSR count). The summed E-state index contributed by atoms with van der Waals surface area (Å²) in [7, 11) is -3.32. The van der Waals surface area contributed by atoms with Gasteiger partial charge >= 0.3 is 11.2 Å². The largest absolute Gasteiger partial charge is 0.376 e. The van der Waals surface area contributed by atoms with Crippen molar-refractivity contribution >= 4 is 27.0 Å². The van der Waals surface area contributed by atoms with E-state index >= 15 is 0 Å². The van der Waals surface area contributed by atoms with E-state index in [0.29, 0.717) is 5.56 Å². The predicted octanol–water partition coefficient (Wildman–Crippen LogP) is 2.18. The van der Waals surface area contributed by atoms with Crippen LogP contribution >= 0.6 is 0 Å². The first-order chi connectivity index (χ1) is 12.7. The first kappa shape index (κ1) is 18.5. The number of pyridine rings is 1. The van der Waals surface area contributed by atoms with Crippen molar-refractivity contribution in [2.24, 2.45) is 0 Å². The van der Waals surface area contributed by atoms with E-state index in [1.165, 1.54) is 18.3 Å². The molecule has 0 saturated carbocycles. The molecule has 0 fully saturated rings. The van der Waals surface area contributed by atoms with Crippen molar-refractivity contribution in [2.45, 2.75) is 17.9 Å². The number of fused-ring (bicyclic) bond motifs is 1. The molecule has 0 radical (unpaired) electrons. The van der Waals surface area contributed by atoms with E-state index in [4.69, 9.17) is 0 Å². The molecule has 2 aromatic heterocycles. The van der Waals surface area contributed by atoms with Crippen molar-refractivity contribution in [1.29, 1.82) is 0 Å². The number of anilines is 1. The summed E-state index contributed by atoms with van der Waals surface area (Å²) in [5, 5.41) is 14.3. The Morgan fingerprint density at radius 2 is 1.85 bits per heavy atom. The van der Waals surface area contributed by atoms with Gasteiger partial charge in [-0.1, -0.05) is 18.2 Å². The standard InChI is InChI=1S/C17H16N4O5S/c1-11(12-6-8-13(9-7-12)27(2,25)26)18-16-15(21(23)24)17(22)20-10-4-3-5-14(20)19-16/h3-11,18H,1-2H3. The molecule has 140 valence electrons.